The fourth-order valence-electron chi connectivity index (χ4n) is 4.15. The summed E-state index contributed by atoms with van der Waals surface area (Å²) in [6.45, 7) is 0.151. The monoisotopic (exact) mass is 469 g/mol. The average molecular weight is 469 g/mol. The van der Waals surface area contributed by atoms with Gasteiger partial charge in [0.05, 0.1) is 29.5 Å². The number of nitrogens with one attached hydrogen (secondary N) is 1. The Bertz CT molecular complexity index is 1040. The first-order valence-corrected chi connectivity index (χ1v) is 10.4. The second-order valence-electron chi connectivity index (χ2n) is 8.03. The van der Waals surface area contributed by atoms with Crippen molar-refractivity contribution in [3.05, 3.63) is 59.7 Å². The zero-order chi connectivity index (χ0) is 23.8. The van der Waals surface area contributed by atoms with Gasteiger partial charge in [-0.3, -0.25) is 4.79 Å². The van der Waals surface area contributed by atoms with Gasteiger partial charge in [-0.2, -0.15) is 26.3 Å². The first kappa shape index (κ1) is 23.0. The van der Waals surface area contributed by atoms with Crippen LogP contribution in [0.25, 0.3) is 6.08 Å². The lowest BCUT2D eigenvalue weighted by Crippen LogP contribution is -2.41. The summed E-state index contributed by atoms with van der Waals surface area (Å²) in [6, 6.07) is 11.1. The normalized spacial score (nSPS) is 17.4. The summed E-state index contributed by atoms with van der Waals surface area (Å²) in [7, 11) is 0. The summed E-state index contributed by atoms with van der Waals surface area (Å²) < 4.78 is 78.9. The number of fused-ring (bicyclic) bond motifs is 1. The van der Waals surface area contributed by atoms with Crippen molar-refractivity contribution in [1.29, 1.82) is 0 Å². The van der Waals surface area contributed by atoms with E-state index in [-0.39, 0.29) is 43.9 Å². The second-order valence-corrected chi connectivity index (χ2v) is 8.03. The van der Waals surface area contributed by atoms with Crippen LogP contribution in [0.1, 0.15) is 24.0 Å². The molecule has 0 bridgehead atoms. The molecule has 0 saturated carbocycles. The maximum Gasteiger partial charge on any atom is 0.416 e. The molecular formula is C23H21F6N3O. The molecule has 2 heterocycles. The van der Waals surface area contributed by atoms with Crippen LogP contribution in [-0.2, 0) is 11.0 Å². The second kappa shape index (κ2) is 8.64. The van der Waals surface area contributed by atoms with E-state index < -0.39 is 29.7 Å². The molecule has 1 N–H and O–H groups in total. The Morgan fingerprint density at radius 2 is 1.67 bits per heavy atom. The molecule has 10 heteroatoms. The van der Waals surface area contributed by atoms with Crippen molar-refractivity contribution in [2.45, 2.75) is 25.2 Å². The van der Waals surface area contributed by atoms with Gasteiger partial charge in [-0.15, -0.1) is 0 Å². The van der Waals surface area contributed by atoms with Gasteiger partial charge in [-0.05, 0) is 43.2 Å². The van der Waals surface area contributed by atoms with E-state index in [1.54, 1.807) is 17.0 Å². The molecule has 33 heavy (non-hydrogen) atoms. The number of nitrogens with zero attached hydrogens (tertiary/aromatic N) is 2. The molecule has 0 radical (unpaired) electrons. The predicted octanol–water partition coefficient (Wildman–Crippen LogP) is 6.04. The molecule has 2 aliphatic heterocycles. The zero-order valence-corrected chi connectivity index (χ0v) is 17.4. The van der Waals surface area contributed by atoms with Crippen LogP contribution in [0.15, 0.2) is 48.5 Å². The summed E-state index contributed by atoms with van der Waals surface area (Å²) in [5.74, 6) is -1.97. The molecule has 4 nitrogen and oxygen atoms in total. The van der Waals surface area contributed by atoms with Crippen molar-refractivity contribution in [1.82, 2.24) is 4.90 Å². The van der Waals surface area contributed by atoms with E-state index in [2.05, 4.69) is 5.32 Å². The highest BCUT2D eigenvalue weighted by Crippen LogP contribution is 2.44. The van der Waals surface area contributed by atoms with E-state index in [0.717, 1.165) is 23.9 Å². The van der Waals surface area contributed by atoms with Gasteiger partial charge < -0.3 is 15.1 Å². The smallest absolute Gasteiger partial charge is 0.366 e. The van der Waals surface area contributed by atoms with Crippen molar-refractivity contribution in [3.63, 3.8) is 0 Å². The summed E-state index contributed by atoms with van der Waals surface area (Å²) in [5.41, 5.74) is 0.869. The van der Waals surface area contributed by atoms with Gasteiger partial charge in [0.2, 0.25) is 5.91 Å². The Kier molecular flexibility index (Phi) is 6.02. The third kappa shape index (κ3) is 4.94. The molecule has 2 aromatic carbocycles. The van der Waals surface area contributed by atoms with Crippen molar-refractivity contribution >= 4 is 29.0 Å². The van der Waals surface area contributed by atoms with Gasteiger partial charge in [0.15, 0.2) is 0 Å². The van der Waals surface area contributed by atoms with Crippen LogP contribution < -0.4 is 10.2 Å². The molecule has 0 atom stereocenters. The first-order chi connectivity index (χ1) is 15.5. The highest BCUT2D eigenvalue weighted by molar-refractivity contribution is 5.96. The number of piperidine rings is 1. The highest BCUT2D eigenvalue weighted by atomic mass is 19.4. The lowest BCUT2D eigenvalue weighted by molar-refractivity contribution is -0.186. The molecule has 1 amide bonds. The minimum absolute atomic E-state index is 0.0499. The van der Waals surface area contributed by atoms with E-state index in [0.29, 0.717) is 5.69 Å². The lowest BCUT2D eigenvalue weighted by atomic mass is 9.96. The van der Waals surface area contributed by atoms with Crippen LogP contribution in [0.3, 0.4) is 0 Å². The summed E-state index contributed by atoms with van der Waals surface area (Å²) >= 11 is 0. The molecular weight excluding hydrogens is 448 g/mol. The number of hydrogen-bond donors (Lipinski definition) is 1. The Morgan fingerprint density at radius 3 is 2.27 bits per heavy atom. The zero-order valence-electron chi connectivity index (χ0n) is 17.4. The minimum Gasteiger partial charge on any atom is -0.366 e. The Morgan fingerprint density at radius 1 is 1.00 bits per heavy atom. The first-order valence-electron chi connectivity index (χ1n) is 10.4. The fraction of sp³-hybridized carbons (Fsp3) is 0.348. The van der Waals surface area contributed by atoms with Crippen molar-refractivity contribution in [2.24, 2.45) is 5.92 Å². The number of carbonyl (C=O) groups excluding carboxylic acids is 1. The molecule has 0 aliphatic carbocycles. The molecule has 4 rings (SSSR count). The standard InChI is InChI=1S/C23H21F6N3O/c24-22(25,26)16-8-10-31(11-9-16)20(33)7-6-15-12-17(23(27,28)29)13-19-21(15)32(14-30-19)18-4-2-1-3-5-18/h1-7,12-13,16,30H,8-11,14H2. The molecule has 0 spiro atoms. The largest absolute Gasteiger partial charge is 0.416 e. The third-order valence-electron chi connectivity index (χ3n) is 5.91. The minimum atomic E-state index is -4.58. The Balaban J connectivity index is 1.61. The van der Waals surface area contributed by atoms with E-state index in [4.69, 9.17) is 0 Å². The molecule has 176 valence electrons. The van der Waals surface area contributed by atoms with Crippen LogP contribution in [-0.4, -0.2) is 36.7 Å². The number of anilines is 3. The number of halogens is 6. The molecule has 2 aliphatic rings. The number of rotatable bonds is 3. The number of para-hydroxylation sites is 1. The van der Waals surface area contributed by atoms with Crippen molar-refractivity contribution in [2.75, 3.05) is 30.0 Å². The molecule has 2 aromatic rings. The Hall–Kier alpha value is -3.17. The average Bonchev–Trinajstić information content (AvgIpc) is 3.21. The van der Waals surface area contributed by atoms with E-state index in [1.807, 2.05) is 18.2 Å². The molecule has 0 unspecified atom stereocenters. The quantitative estimate of drug-likeness (QED) is 0.440. The summed E-state index contributed by atoms with van der Waals surface area (Å²) in [6.07, 6.45) is -6.82. The predicted molar refractivity (Wildman–Crippen MR) is 113 cm³/mol. The number of benzene rings is 2. The Labute approximate surface area is 186 Å². The fourth-order valence-corrected chi connectivity index (χ4v) is 4.15. The van der Waals surface area contributed by atoms with Gasteiger partial charge in [-0.25, -0.2) is 0 Å². The van der Waals surface area contributed by atoms with Gasteiger partial charge in [0, 0.05) is 30.4 Å². The molecule has 0 aromatic heterocycles. The number of hydrogen-bond acceptors (Lipinski definition) is 3. The lowest BCUT2D eigenvalue weighted by Gasteiger charge is -2.32. The molecule has 1 fully saturated rings. The van der Waals surface area contributed by atoms with Gasteiger partial charge >= 0.3 is 12.4 Å². The number of carbonyl (C=O) groups is 1. The van der Waals surface area contributed by atoms with E-state index >= 15 is 0 Å². The van der Waals surface area contributed by atoms with E-state index in [9.17, 15) is 31.1 Å². The topological polar surface area (TPSA) is 35.6 Å². The van der Waals surface area contributed by atoms with Crippen molar-refractivity contribution in [3.8, 4) is 0 Å². The summed E-state index contributed by atoms with van der Waals surface area (Å²) in [5, 5.41) is 2.96. The maximum atomic E-state index is 13.4. The van der Waals surface area contributed by atoms with Crippen LogP contribution in [0.4, 0.5) is 43.4 Å². The van der Waals surface area contributed by atoms with Crippen LogP contribution in [0, 0.1) is 5.92 Å². The van der Waals surface area contributed by atoms with Crippen LogP contribution in [0.2, 0.25) is 0 Å². The highest BCUT2D eigenvalue weighted by Gasteiger charge is 2.41. The van der Waals surface area contributed by atoms with Gasteiger partial charge in [0.1, 0.15) is 0 Å². The van der Waals surface area contributed by atoms with Gasteiger partial charge in [-0.1, -0.05) is 18.2 Å². The third-order valence-corrected chi connectivity index (χ3v) is 5.91. The van der Waals surface area contributed by atoms with Crippen LogP contribution >= 0.6 is 0 Å². The number of alkyl halides is 6. The van der Waals surface area contributed by atoms with Crippen LogP contribution in [0.5, 0.6) is 0 Å². The molecule has 1 saturated heterocycles. The SMILES string of the molecule is O=C(C=Cc1cc(C(F)(F)F)cc2c1N(c1ccccc1)CN2)N1CCC(C(F)(F)F)CC1. The number of amides is 1. The van der Waals surface area contributed by atoms with Crippen molar-refractivity contribution < 1.29 is 31.1 Å². The maximum absolute atomic E-state index is 13.4. The van der Waals surface area contributed by atoms with Gasteiger partial charge in [0.25, 0.3) is 0 Å². The summed E-state index contributed by atoms with van der Waals surface area (Å²) in [4.78, 5) is 15.7. The number of likely N-dealkylation sites (tertiary alicyclic amines) is 1. The van der Waals surface area contributed by atoms with E-state index in [1.165, 1.54) is 11.0 Å².